The van der Waals surface area contributed by atoms with Gasteiger partial charge in [-0.15, -0.1) is 0 Å². The number of hydrogen-bond donors (Lipinski definition) is 1. The maximum Gasteiger partial charge on any atom is 0.251 e. The highest BCUT2D eigenvalue weighted by Gasteiger charge is 2.29. The average Bonchev–Trinajstić information content (AvgIpc) is 2.68. The van der Waals surface area contributed by atoms with Gasteiger partial charge < -0.3 is 10.2 Å². The monoisotopic (exact) mass is 388 g/mol. The molecule has 2 aromatic rings. The van der Waals surface area contributed by atoms with Gasteiger partial charge in [0.15, 0.2) is 0 Å². The van der Waals surface area contributed by atoms with E-state index in [4.69, 9.17) is 0 Å². The molecule has 0 atom stereocenters. The number of anilines is 1. The SMILES string of the molecule is CC(C)NC(=O)c1ccc(S(=O)(=O)N2CCN(c3ccccn3)CC2)cc1. The third-order valence-electron chi connectivity index (χ3n) is 4.39. The Hall–Kier alpha value is -2.45. The largest absolute Gasteiger partial charge is 0.354 e. The zero-order valence-corrected chi connectivity index (χ0v) is 16.3. The summed E-state index contributed by atoms with van der Waals surface area (Å²) in [6, 6.07) is 11.8. The number of rotatable bonds is 5. The van der Waals surface area contributed by atoms with E-state index in [1.54, 1.807) is 18.3 Å². The zero-order chi connectivity index (χ0) is 19.4. The molecule has 0 spiro atoms. The highest BCUT2D eigenvalue weighted by molar-refractivity contribution is 7.89. The Labute approximate surface area is 160 Å². The molecular weight excluding hydrogens is 364 g/mol. The first-order valence-electron chi connectivity index (χ1n) is 8.95. The van der Waals surface area contributed by atoms with Crippen LogP contribution in [0, 0.1) is 0 Å². The molecule has 1 amide bonds. The topological polar surface area (TPSA) is 82.6 Å². The molecule has 1 aliphatic rings. The number of piperazine rings is 1. The van der Waals surface area contributed by atoms with Gasteiger partial charge in [-0.05, 0) is 50.2 Å². The van der Waals surface area contributed by atoms with Gasteiger partial charge >= 0.3 is 0 Å². The second kappa shape index (κ2) is 8.06. The van der Waals surface area contributed by atoms with E-state index >= 15 is 0 Å². The minimum atomic E-state index is -3.58. The molecule has 1 aromatic carbocycles. The number of carbonyl (C=O) groups excluding carboxylic acids is 1. The molecule has 1 saturated heterocycles. The summed E-state index contributed by atoms with van der Waals surface area (Å²) in [7, 11) is -3.58. The Morgan fingerprint density at radius 3 is 2.26 bits per heavy atom. The fourth-order valence-electron chi connectivity index (χ4n) is 2.97. The summed E-state index contributed by atoms with van der Waals surface area (Å²) in [5, 5.41) is 2.79. The predicted octanol–water partition coefficient (Wildman–Crippen LogP) is 1.73. The molecule has 1 aromatic heterocycles. The molecule has 8 heteroatoms. The summed E-state index contributed by atoms with van der Waals surface area (Å²) in [6.07, 6.45) is 1.73. The lowest BCUT2D eigenvalue weighted by Crippen LogP contribution is -2.48. The molecule has 144 valence electrons. The van der Waals surface area contributed by atoms with Crippen LogP contribution in [0.15, 0.2) is 53.6 Å². The van der Waals surface area contributed by atoms with Crippen molar-refractivity contribution < 1.29 is 13.2 Å². The van der Waals surface area contributed by atoms with Crippen LogP contribution in [0.25, 0.3) is 0 Å². The van der Waals surface area contributed by atoms with Crippen LogP contribution < -0.4 is 10.2 Å². The van der Waals surface area contributed by atoms with Crippen molar-refractivity contribution in [3.05, 3.63) is 54.2 Å². The quantitative estimate of drug-likeness (QED) is 0.844. The Kier molecular flexibility index (Phi) is 5.76. The molecule has 2 heterocycles. The Morgan fingerprint density at radius 2 is 1.70 bits per heavy atom. The minimum Gasteiger partial charge on any atom is -0.354 e. The van der Waals surface area contributed by atoms with E-state index in [2.05, 4.69) is 15.2 Å². The first-order chi connectivity index (χ1) is 12.9. The van der Waals surface area contributed by atoms with Crippen LogP contribution >= 0.6 is 0 Å². The van der Waals surface area contributed by atoms with Crippen molar-refractivity contribution in [1.82, 2.24) is 14.6 Å². The molecule has 0 unspecified atom stereocenters. The number of amides is 1. The number of nitrogens with one attached hydrogen (secondary N) is 1. The van der Waals surface area contributed by atoms with Crippen molar-refractivity contribution in [2.75, 3.05) is 31.1 Å². The lowest BCUT2D eigenvalue weighted by molar-refractivity contribution is 0.0943. The normalized spacial score (nSPS) is 15.7. The van der Waals surface area contributed by atoms with E-state index < -0.39 is 10.0 Å². The summed E-state index contributed by atoms with van der Waals surface area (Å²) < 4.78 is 27.2. The van der Waals surface area contributed by atoms with Gasteiger partial charge in [-0.3, -0.25) is 4.79 Å². The van der Waals surface area contributed by atoms with Gasteiger partial charge in [-0.1, -0.05) is 6.07 Å². The maximum absolute atomic E-state index is 12.9. The first kappa shape index (κ1) is 19.3. The minimum absolute atomic E-state index is 0.0244. The van der Waals surface area contributed by atoms with E-state index in [1.807, 2.05) is 32.0 Å². The van der Waals surface area contributed by atoms with Crippen LogP contribution in [0.5, 0.6) is 0 Å². The zero-order valence-electron chi connectivity index (χ0n) is 15.5. The highest BCUT2D eigenvalue weighted by atomic mass is 32.2. The second-order valence-corrected chi connectivity index (χ2v) is 8.67. The number of nitrogens with zero attached hydrogens (tertiary/aromatic N) is 3. The van der Waals surface area contributed by atoms with Crippen LogP contribution in [0.2, 0.25) is 0 Å². The lowest BCUT2D eigenvalue weighted by Gasteiger charge is -2.34. The van der Waals surface area contributed by atoms with E-state index in [1.165, 1.54) is 16.4 Å². The summed E-state index contributed by atoms with van der Waals surface area (Å²) >= 11 is 0. The molecular formula is C19H24N4O3S. The smallest absolute Gasteiger partial charge is 0.251 e. The van der Waals surface area contributed by atoms with Gasteiger partial charge in [0.2, 0.25) is 10.0 Å². The number of sulfonamides is 1. The van der Waals surface area contributed by atoms with Crippen molar-refractivity contribution >= 4 is 21.7 Å². The fraction of sp³-hybridized carbons (Fsp3) is 0.368. The molecule has 27 heavy (non-hydrogen) atoms. The van der Waals surface area contributed by atoms with Gasteiger partial charge in [-0.25, -0.2) is 13.4 Å². The van der Waals surface area contributed by atoms with Crippen molar-refractivity contribution in [3.8, 4) is 0 Å². The third kappa shape index (κ3) is 4.45. The second-order valence-electron chi connectivity index (χ2n) is 6.73. The summed E-state index contributed by atoms with van der Waals surface area (Å²) in [6.45, 7) is 5.72. The highest BCUT2D eigenvalue weighted by Crippen LogP contribution is 2.20. The summed E-state index contributed by atoms with van der Waals surface area (Å²) in [4.78, 5) is 18.6. The van der Waals surface area contributed by atoms with Gasteiger partial charge in [-0.2, -0.15) is 4.31 Å². The van der Waals surface area contributed by atoms with Crippen LogP contribution in [-0.2, 0) is 10.0 Å². The molecule has 7 nitrogen and oxygen atoms in total. The summed E-state index contributed by atoms with van der Waals surface area (Å²) in [5.41, 5.74) is 0.447. The number of benzene rings is 1. The predicted molar refractivity (Wildman–Crippen MR) is 104 cm³/mol. The van der Waals surface area contributed by atoms with Crippen LogP contribution in [0.4, 0.5) is 5.82 Å². The number of carbonyl (C=O) groups is 1. The van der Waals surface area contributed by atoms with Gasteiger partial charge in [0.25, 0.3) is 5.91 Å². The molecule has 0 bridgehead atoms. The molecule has 1 fully saturated rings. The van der Waals surface area contributed by atoms with Gasteiger partial charge in [0, 0.05) is 44.0 Å². The van der Waals surface area contributed by atoms with E-state index in [0.29, 0.717) is 31.7 Å². The molecule has 3 rings (SSSR count). The van der Waals surface area contributed by atoms with E-state index in [9.17, 15) is 13.2 Å². The Morgan fingerprint density at radius 1 is 1.04 bits per heavy atom. The van der Waals surface area contributed by atoms with Crippen molar-refractivity contribution in [3.63, 3.8) is 0 Å². The van der Waals surface area contributed by atoms with Crippen molar-refractivity contribution in [1.29, 1.82) is 0 Å². The maximum atomic E-state index is 12.9. The first-order valence-corrected chi connectivity index (χ1v) is 10.4. The van der Waals surface area contributed by atoms with Crippen LogP contribution in [-0.4, -0.2) is 55.8 Å². The molecule has 1 N–H and O–H groups in total. The number of aromatic nitrogens is 1. The lowest BCUT2D eigenvalue weighted by atomic mass is 10.2. The molecule has 0 saturated carbocycles. The molecule has 0 radical (unpaired) electrons. The molecule has 0 aliphatic carbocycles. The van der Waals surface area contributed by atoms with Crippen molar-refractivity contribution in [2.45, 2.75) is 24.8 Å². The van der Waals surface area contributed by atoms with Gasteiger partial charge in [0.1, 0.15) is 5.82 Å². The fourth-order valence-corrected chi connectivity index (χ4v) is 4.39. The summed E-state index contributed by atoms with van der Waals surface area (Å²) in [5.74, 6) is 0.646. The van der Waals surface area contributed by atoms with Gasteiger partial charge in [0.05, 0.1) is 4.90 Å². The number of pyridine rings is 1. The standard InChI is InChI=1S/C19H24N4O3S/c1-15(2)21-19(24)16-6-8-17(9-7-16)27(25,26)23-13-11-22(12-14-23)18-5-3-4-10-20-18/h3-10,15H,11-14H2,1-2H3,(H,21,24). The average molecular weight is 388 g/mol. The van der Waals surface area contributed by atoms with E-state index in [0.717, 1.165) is 5.82 Å². The molecule has 1 aliphatic heterocycles. The van der Waals surface area contributed by atoms with Crippen LogP contribution in [0.3, 0.4) is 0 Å². The Bertz CT molecular complexity index is 875. The van der Waals surface area contributed by atoms with Crippen LogP contribution in [0.1, 0.15) is 24.2 Å². The number of hydrogen-bond acceptors (Lipinski definition) is 5. The third-order valence-corrected chi connectivity index (χ3v) is 6.30. The van der Waals surface area contributed by atoms with Crippen molar-refractivity contribution in [2.24, 2.45) is 0 Å². The Balaban J connectivity index is 1.67. The van der Waals surface area contributed by atoms with E-state index in [-0.39, 0.29) is 16.8 Å².